The second kappa shape index (κ2) is 6.34. The molecule has 0 bridgehead atoms. The van der Waals surface area contributed by atoms with Gasteiger partial charge >= 0.3 is 0 Å². The highest BCUT2D eigenvalue weighted by molar-refractivity contribution is 5.09. The van der Waals surface area contributed by atoms with Gasteiger partial charge in [-0.25, -0.2) is 0 Å². The summed E-state index contributed by atoms with van der Waals surface area (Å²) >= 11 is 0. The molecule has 0 aliphatic rings. The second-order valence-corrected chi connectivity index (χ2v) is 5.87. The van der Waals surface area contributed by atoms with Gasteiger partial charge in [0.1, 0.15) is 0 Å². The molecule has 0 aromatic carbocycles. The molecule has 1 aromatic heterocycles. The maximum Gasteiger partial charge on any atom is 0.0830 e. The van der Waals surface area contributed by atoms with E-state index in [-0.39, 0.29) is 17.6 Å². The molecule has 0 radical (unpaired) electrons. The standard InChI is InChI=1S/C14H27N3O/c1-7-9-15-12(11-8-10-17(5)16-11)13(18-6)14(2,3)4/h8,10,12-13,15H,7,9H2,1-6H3. The Labute approximate surface area is 111 Å². The molecule has 0 amide bonds. The molecule has 0 spiro atoms. The van der Waals surface area contributed by atoms with Crippen molar-refractivity contribution in [2.24, 2.45) is 12.5 Å². The lowest BCUT2D eigenvalue weighted by Gasteiger charge is -2.35. The SMILES string of the molecule is CCCNC(c1ccn(C)n1)C(OC)C(C)(C)C. The van der Waals surface area contributed by atoms with Crippen LogP contribution in [-0.4, -0.2) is 29.5 Å². The van der Waals surface area contributed by atoms with E-state index in [1.807, 2.05) is 17.9 Å². The average Bonchev–Trinajstić information content (AvgIpc) is 2.69. The van der Waals surface area contributed by atoms with Crippen LogP contribution >= 0.6 is 0 Å². The molecule has 0 saturated carbocycles. The Balaban J connectivity index is 2.96. The van der Waals surface area contributed by atoms with E-state index in [4.69, 9.17) is 4.74 Å². The van der Waals surface area contributed by atoms with Crippen molar-refractivity contribution in [3.63, 3.8) is 0 Å². The smallest absolute Gasteiger partial charge is 0.0830 e. The normalized spacial score (nSPS) is 15.7. The number of hydrogen-bond donors (Lipinski definition) is 1. The van der Waals surface area contributed by atoms with E-state index in [2.05, 4.69) is 44.2 Å². The monoisotopic (exact) mass is 253 g/mol. The van der Waals surface area contributed by atoms with Gasteiger partial charge in [-0.2, -0.15) is 5.10 Å². The van der Waals surface area contributed by atoms with E-state index in [1.165, 1.54) is 0 Å². The molecule has 1 heterocycles. The van der Waals surface area contributed by atoms with E-state index in [9.17, 15) is 0 Å². The fraction of sp³-hybridized carbons (Fsp3) is 0.786. The third-order valence-electron chi connectivity index (χ3n) is 3.08. The van der Waals surface area contributed by atoms with Crippen molar-refractivity contribution >= 4 is 0 Å². The van der Waals surface area contributed by atoms with Gasteiger partial charge in [0, 0.05) is 20.4 Å². The predicted octanol–water partition coefficient (Wildman–Crippen LogP) is 2.52. The molecule has 104 valence electrons. The lowest BCUT2D eigenvalue weighted by Crippen LogP contribution is -2.42. The van der Waals surface area contributed by atoms with E-state index >= 15 is 0 Å². The molecular weight excluding hydrogens is 226 g/mol. The Morgan fingerprint density at radius 2 is 2.11 bits per heavy atom. The van der Waals surface area contributed by atoms with Crippen molar-refractivity contribution < 1.29 is 4.74 Å². The third-order valence-corrected chi connectivity index (χ3v) is 3.08. The molecule has 1 rings (SSSR count). The molecule has 0 aliphatic carbocycles. The van der Waals surface area contributed by atoms with Crippen LogP contribution in [-0.2, 0) is 11.8 Å². The molecular formula is C14H27N3O. The predicted molar refractivity (Wildman–Crippen MR) is 74.5 cm³/mol. The quantitative estimate of drug-likeness (QED) is 0.846. The zero-order valence-electron chi connectivity index (χ0n) is 12.5. The van der Waals surface area contributed by atoms with Gasteiger partial charge in [0.15, 0.2) is 0 Å². The molecule has 0 saturated heterocycles. The van der Waals surface area contributed by atoms with Crippen LogP contribution in [0.15, 0.2) is 12.3 Å². The van der Waals surface area contributed by atoms with Crippen molar-refractivity contribution in [1.82, 2.24) is 15.1 Å². The maximum absolute atomic E-state index is 5.73. The van der Waals surface area contributed by atoms with Crippen LogP contribution in [0.3, 0.4) is 0 Å². The van der Waals surface area contributed by atoms with Crippen LogP contribution in [0.2, 0.25) is 0 Å². The Kier molecular flexibility index (Phi) is 5.35. The van der Waals surface area contributed by atoms with Crippen LogP contribution < -0.4 is 5.32 Å². The summed E-state index contributed by atoms with van der Waals surface area (Å²) in [5, 5.41) is 8.08. The number of ether oxygens (including phenoxy) is 1. The summed E-state index contributed by atoms with van der Waals surface area (Å²) in [6, 6.07) is 2.20. The molecule has 1 N–H and O–H groups in total. The highest BCUT2D eigenvalue weighted by Gasteiger charge is 2.34. The van der Waals surface area contributed by atoms with Crippen molar-refractivity contribution in [3.8, 4) is 0 Å². The average molecular weight is 253 g/mol. The molecule has 0 fully saturated rings. The number of rotatable bonds is 6. The lowest BCUT2D eigenvalue weighted by molar-refractivity contribution is -0.0130. The molecule has 4 nitrogen and oxygen atoms in total. The first-order valence-electron chi connectivity index (χ1n) is 6.65. The number of nitrogens with zero attached hydrogens (tertiary/aromatic N) is 2. The largest absolute Gasteiger partial charge is 0.379 e. The lowest BCUT2D eigenvalue weighted by atomic mass is 9.83. The minimum absolute atomic E-state index is 0.0671. The molecule has 18 heavy (non-hydrogen) atoms. The van der Waals surface area contributed by atoms with Gasteiger partial charge < -0.3 is 10.1 Å². The summed E-state index contributed by atoms with van der Waals surface area (Å²) < 4.78 is 7.56. The highest BCUT2D eigenvalue weighted by atomic mass is 16.5. The summed E-state index contributed by atoms with van der Waals surface area (Å²) in [5.74, 6) is 0. The number of aromatic nitrogens is 2. The van der Waals surface area contributed by atoms with Crippen LogP contribution in [0.5, 0.6) is 0 Å². The van der Waals surface area contributed by atoms with Gasteiger partial charge in [-0.1, -0.05) is 27.7 Å². The van der Waals surface area contributed by atoms with Crippen molar-refractivity contribution in [1.29, 1.82) is 0 Å². The second-order valence-electron chi connectivity index (χ2n) is 5.87. The molecule has 0 aliphatic heterocycles. The molecule has 1 aromatic rings. The van der Waals surface area contributed by atoms with E-state index in [1.54, 1.807) is 7.11 Å². The minimum Gasteiger partial charge on any atom is -0.379 e. The summed E-state index contributed by atoms with van der Waals surface area (Å²) in [4.78, 5) is 0. The van der Waals surface area contributed by atoms with E-state index < -0.39 is 0 Å². The zero-order chi connectivity index (χ0) is 13.8. The number of methoxy groups -OCH3 is 1. The Bertz CT molecular complexity index is 354. The van der Waals surface area contributed by atoms with Gasteiger partial charge in [-0.3, -0.25) is 4.68 Å². The van der Waals surface area contributed by atoms with Crippen LogP contribution in [0, 0.1) is 5.41 Å². The van der Waals surface area contributed by atoms with Gasteiger partial charge in [0.25, 0.3) is 0 Å². The molecule has 4 heteroatoms. The maximum atomic E-state index is 5.73. The Morgan fingerprint density at radius 3 is 2.50 bits per heavy atom. The fourth-order valence-corrected chi connectivity index (χ4v) is 2.26. The Hall–Kier alpha value is -0.870. The highest BCUT2D eigenvalue weighted by Crippen LogP contribution is 2.31. The number of aryl methyl sites for hydroxylation is 1. The number of nitrogens with one attached hydrogen (secondary N) is 1. The summed E-state index contributed by atoms with van der Waals surface area (Å²) in [6.45, 7) is 9.73. The minimum atomic E-state index is 0.0671. The summed E-state index contributed by atoms with van der Waals surface area (Å²) in [6.07, 6.45) is 3.17. The molecule has 2 atom stereocenters. The van der Waals surface area contributed by atoms with E-state index in [0.29, 0.717) is 0 Å². The van der Waals surface area contributed by atoms with Crippen LogP contribution in [0.1, 0.15) is 45.9 Å². The summed E-state index contributed by atoms with van der Waals surface area (Å²) in [5.41, 5.74) is 1.12. The van der Waals surface area contributed by atoms with Gasteiger partial charge in [-0.15, -0.1) is 0 Å². The topological polar surface area (TPSA) is 39.1 Å². The van der Waals surface area contributed by atoms with Crippen molar-refractivity contribution in [2.75, 3.05) is 13.7 Å². The van der Waals surface area contributed by atoms with Gasteiger partial charge in [-0.05, 0) is 24.4 Å². The van der Waals surface area contributed by atoms with Crippen molar-refractivity contribution in [2.45, 2.75) is 46.3 Å². The Morgan fingerprint density at radius 1 is 1.44 bits per heavy atom. The van der Waals surface area contributed by atoms with Gasteiger partial charge in [0.2, 0.25) is 0 Å². The summed E-state index contributed by atoms with van der Waals surface area (Å²) in [7, 11) is 3.72. The van der Waals surface area contributed by atoms with Crippen molar-refractivity contribution in [3.05, 3.63) is 18.0 Å². The first-order chi connectivity index (χ1) is 8.40. The third kappa shape index (κ3) is 3.82. The first-order valence-corrected chi connectivity index (χ1v) is 6.65. The van der Waals surface area contributed by atoms with Crippen LogP contribution in [0.4, 0.5) is 0 Å². The van der Waals surface area contributed by atoms with Gasteiger partial charge in [0.05, 0.1) is 17.8 Å². The van der Waals surface area contributed by atoms with Crippen LogP contribution in [0.25, 0.3) is 0 Å². The van der Waals surface area contributed by atoms with E-state index in [0.717, 1.165) is 18.7 Å². The first kappa shape index (κ1) is 15.2. The number of hydrogen-bond acceptors (Lipinski definition) is 3. The zero-order valence-corrected chi connectivity index (χ0v) is 12.5. The fourth-order valence-electron chi connectivity index (χ4n) is 2.26. The molecule has 2 unspecified atom stereocenters.